The first-order valence-electron chi connectivity index (χ1n) is 5.19. The van der Waals surface area contributed by atoms with Gasteiger partial charge in [-0.05, 0) is 24.6 Å². The van der Waals surface area contributed by atoms with E-state index in [1.807, 2.05) is 6.92 Å². The molecule has 1 amide bonds. The molecule has 2 aromatic rings. The molecule has 2 rings (SSSR count). The van der Waals surface area contributed by atoms with Crippen molar-refractivity contribution in [1.82, 2.24) is 15.3 Å². The predicted octanol–water partition coefficient (Wildman–Crippen LogP) is 0.143. The number of aromatic nitrogens is 2. The van der Waals surface area contributed by atoms with E-state index in [1.165, 1.54) is 5.48 Å². The molecule has 0 aliphatic rings. The third-order valence-corrected chi connectivity index (χ3v) is 2.22. The standard InChI is InChI=1S/C10H11N3O3/c1-6-2-3-7-8(4-6)11-13(10(7)15)5-9(14)12-16/h2-4,11,16H,5H2,1H3,(H,12,14)/i5T/t5-/m0/s1. The van der Waals surface area contributed by atoms with Crippen LogP contribution < -0.4 is 11.0 Å². The Balaban J connectivity index is 2.60. The molecule has 3 N–H and O–H groups in total. The van der Waals surface area contributed by atoms with Crippen molar-refractivity contribution in [1.29, 1.82) is 0 Å². The van der Waals surface area contributed by atoms with Gasteiger partial charge in [-0.25, -0.2) is 10.2 Å². The Morgan fingerprint density at radius 2 is 2.44 bits per heavy atom. The van der Waals surface area contributed by atoms with Gasteiger partial charge in [0.25, 0.3) is 11.5 Å². The SMILES string of the molecule is [3H][C@@H](C(=O)NO)n1[nH]c2cc(C)ccc2c1=O. The van der Waals surface area contributed by atoms with Gasteiger partial charge in [-0.1, -0.05) is 6.07 Å². The number of hydrogen-bond donors (Lipinski definition) is 3. The second-order valence-electron chi connectivity index (χ2n) is 3.44. The molecule has 1 aromatic carbocycles. The first-order valence-corrected chi connectivity index (χ1v) is 4.61. The number of H-pyrrole nitrogens is 1. The highest BCUT2D eigenvalue weighted by Gasteiger charge is 2.09. The Labute approximate surface area is 91.8 Å². The number of aryl methyl sites for hydroxylation is 1. The number of hydroxylamine groups is 1. The summed E-state index contributed by atoms with van der Waals surface area (Å²) in [7, 11) is 0. The molecule has 0 unspecified atom stereocenters. The van der Waals surface area contributed by atoms with E-state index in [4.69, 9.17) is 6.58 Å². The van der Waals surface area contributed by atoms with E-state index >= 15 is 0 Å². The number of carbonyl (C=O) groups is 1. The Bertz CT molecular complexity index is 631. The van der Waals surface area contributed by atoms with Crippen molar-refractivity contribution >= 4 is 16.8 Å². The average molecular weight is 223 g/mol. The number of hydrogen-bond acceptors (Lipinski definition) is 3. The van der Waals surface area contributed by atoms with Crippen LogP contribution in [0.5, 0.6) is 0 Å². The number of nitrogens with zero attached hydrogens (tertiary/aromatic N) is 1. The fraction of sp³-hybridized carbons (Fsp3) is 0.200. The average Bonchev–Trinajstić information content (AvgIpc) is 2.64. The van der Waals surface area contributed by atoms with E-state index in [0.29, 0.717) is 10.9 Å². The van der Waals surface area contributed by atoms with Crippen molar-refractivity contribution in [3.8, 4) is 0 Å². The van der Waals surface area contributed by atoms with Crippen molar-refractivity contribution in [3.63, 3.8) is 0 Å². The van der Waals surface area contributed by atoms with E-state index < -0.39 is 18.0 Å². The maximum atomic E-state index is 11.9. The summed E-state index contributed by atoms with van der Waals surface area (Å²) < 4.78 is 8.36. The van der Waals surface area contributed by atoms with Crippen LogP contribution in [0.1, 0.15) is 6.93 Å². The zero-order valence-corrected chi connectivity index (χ0v) is 8.52. The smallest absolute Gasteiger partial charge is 0.274 e. The highest BCUT2D eigenvalue weighted by molar-refractivity contribution is 5.80. The van der Waals surface area contributed by atoms with Crippen LogP contribution in [0.4, 0.5) is 0 Å². The lowest BCUT2D eigenvalue weighted by atomic mass is 10.2. The van der Waals surface area contributed by atoms with Gasteiger partial charge < -0.3 is 0 Å². The Kier molecular flexibility index (Phi) is 2.19. The van der Waals surface area contributed by atoms with Crippen LogP contribution in [0.3, 0.4) is 0 Å². The zero-order chi connectivity index (χ0) is 12.6. The first-order chi connectivity index (χ1) is 8.04. The third kappa shape index (κ3) is 1.70. The van der Waals surface area contributed by atoms with Gasteiger partial charge in [0.2, 0.25) is 0 Å². The van der Waals surface area contributed by atoms with Crippen LogP contribution >= 0.6 is 0 Å². The van der Waals surface area contributed by atoms with Crippen molar-refractivity contribution in [2.45, 2.75) is 13.4 Å². The van der Waals surface area contributed by atoms with Crippen LogP contribution in [-0.2, 0) is 11.3 Å². The lowest BCUT2D eigenvalue weighted by molar-refractivity contribution is -0.130. The van der Waals surface area contributed by atoms with Gasteiger partial charge in [-0.3, -0.25) is 19.9 Å². The number of benzene rings is 1. The second-order valence-corrected chi connectivity index (χ2v) is 3.44. The topological polar surface area (TPSA) is 87.1 Å². The fourth-order valence-electron chi connectivity index (χ4n) is 1.48. The maximum absolute atomic E-state index is 11.9. The number of fused-ring (bicyclic) bond motifs is 1. The summed E-state index contributed by atoms with van der Waals surface area (Å²) in [6.07, 6.45) is 0. The summed E-state index contributed by atoms with van der Waals surface area (Å²) in [5.74, 6) is -0.977. The van der Waals surface area contributed by atoms with Crippen LogP contribution in [-0.4, -0.2) is 20.9 Å². The molecular weight excluding hydrogens is 210 g/mol. The molecule has 1 aromatic heterocycles. The number of amides is 1. The molecule has 0 aliphatic carbocycles. The van der Waals surface area contributed by atoms with Crippen LogP contribution in [0.25, 0.3) is 10.9 Å². The van der Waals surface area contributed by atoms with Crippen molar-refractivity contribution in [2.75, 3.05) is 0 Å². The molecule has 0 bridgehead atoms. The van der Waals surface area contributed by atoms with Crippen molar-refractivity contribution in [3.05, 3.63) is 34.1 Å². The second kappa shape index (κ2) is 3.82. The summed E-state index contributed by atoms with van der Waals surface area (Å²) in [5, 5.41) is 11.5. The summed E-state index contributed by atoms with van der Waals surface area (Å²) in [6.45, 7) is 0.327. The minimum atomic E-state index is -1.54. The lowest BCUT2D eigenvalue weighted by Gasteiger charge is -1.97. The summed E-state index contributed by atoms with van der Waals surface area (Å²) >= 11 is 0. The molecule has 6 heteroatoms. The molecule has 84 valence electrons. The normalized spacial score (nSPS) is 13.5. The van der Waals surface area contributed by atoms with Gasteiger partial charge in [0.05, 0.1) is 12.3 Å². The summed E-state index contributed by atoms with van der Waals surface area (Å²) in [5.41, 5.74) is 2.38. The number of carbonyl (C=O) groups excluding carboxylic acids is 1. The minimum Gasteiger partial charge on any atom is -0.294 e. The summed E-state index contributed by atoms with van der Waals surface area (Å²) in [4.78, 5) is 22.9. The van der Waals surface area contributed by atoms with Crippen LogP contribution in [0, 0.1) is 6.92 Å². The molecule has 1 atom stereocenters. The fourth-order valence-corrected chi connectivity index (χ4v) is 1.48. The van der Waals surface area contributed by atoms with Crippen molar-refractivity contribution in [2.24, 2.45) is 0 Å². The van der Waals surface area contributed by atoms with Crippen LogP contribution in [0.15, 0.2) is 23.0 Å². The maximum Gasteiger partial charge on any atom is 0.274 e. The number of rotatable bonds is 2. The zero-order valence-electron chi connectivity index (χ0n) is 9.52. The van der Waals surface area contributed by atoms with Gasteiger partial charge in [-0.2, -0.15) is 0 Å². The highest BCUT2D eigenvalue weighted by Crippen LogP contribution is 2.09. The Hall–Kier alpha value is -2.08. The quantitative estimate of drug-likeness (QED) is 0.500. The van der Waals surface area contributed by atoms with E-state index in [2.05, 4.69) is 5.10 Å². The van der Waals surface area contributed by atoms with E-state index in [9.17, 15) is 9.59 Å². The van der Waals surface area contributed by atoms with Gasteiger partial charge in [0.15, 0.2) is 0 Å². The Morgan fingerprint density at radius 3 is 3.12 bits per heavy atom. The Morgan fingerprint density at radius 1 is 1.69 bits per heavy atom. The highest BCUT2D eigenvalue weighted by atomic mass is 16.5. The lowest BCUT2D eigenvalue weighted by Crippen LogP contribution is -2.29. The third-order valence-electron chi connectivity index (χ3n) is 2.22. The van der Waals surface area contributed by atoms with Gasteiger partial charge in [-0.15, -0.1) is 0 Å². The molecule has 1 heterocycles. The van der Waals surface area contributed by atoms with E-state index in [0.717, 1.165) is 10.2 Å². The van der Waals surface area contributed by atoms with E-state index in [-0.39, 0.29) is 0 Å². The monoisotopic (exact) mass is 223 g/mol. The molecular formula is C10H11N3O3. The number of nitrogens with one attached hydrogen (secondary N) is 2. The minimum absolute atomic E-state index is 0.401. The van der Waals surface area contributed by atoms with Crippen LogP contribution in [0.2, 0.25) is 0 Å². The van der Waals surface area contributed by atoms with Crippen molar-refractivity contribution < 1.29 is 11.4 Å². The summed E-state index contributed by atoms with van der Waals surface area (Å²) in [6, 6.07) is 5.15. The number of aromatic amines is 1. The molecule has 0 saturated carbocycles. The first kappa shape index (κ1) is 9.17. The molecule has 0 saturated heterocycles. The van der Waals surface area contributed by atoms with Gasteiger partial charge in [0, 0.05) is 0 Å². The van der Waals surface area contributed by atoms with E-state index in [1.54, 1.807) is 18.2 Å². The molecule has 16 heavy (non-hydrogen) atoms. The molecule has 0 aliphatic heterocycles. The molecule has 0 spiro atoms. The molecule has 0 fully saturated rings. The molecule has 0 radical (unpaired) electrons. The van der Waals surface area contributed by atoms with Gasteiger partial charge >= 0.3 is 0 Å². The largest absolute Gasteiger partial charge is 0.294 e. The predicted molar refractivity (Wildman–Crippen MR) is 57.2 cm³/mol. The van der Waals surface area contributed by atoms with Gasteiger partial charge in [0.1, 0.15) is 6.52 Å². The molecule has 6 nitrogen and oxygen atoms in total.